The second-order valence-electron chi connectivity index (χ2n) is 7.78. The normalized spacial score (nSPS) is 17.9. The van der Waals surface area contributed by atoms with Gasteiger partial charge >= 0.3 is 6.03 Å². The number of likely N-dealkylation sites (tertiary alicyclic amines) is 1. The van der Waals surface area contributed by atoms with Gasteiger partial charge in [0, 0.05) is 38.7 Å². The molecule has 28 heavy (non-hydrogen) atoms. The van der Waals surface area contributed by atoms with E-state index in [1.807, 2.05) is 61.3 Å². The van der Waals surface area contributed by atoms with E-state index in [0.29, 0.717) is 31.5 Å². The Morgan fingerprint density at radius 2 is 1.79 bits per heavy atom. The smallest absolute Gasteiger partial charge is 0.321 e. The molecule has 0 saturated carbocycles. The fourth-order valence-electron chi connectivity index (χ4n) is 4.11. The van der Waals surface area contributed by atoms with E-state index in [-0.39, 0.29) is 11.9 Å². The molecule has 0 bridgehead atoms. The van der Waals surface area contributed by atoms with E-state index in [1.54, 1.807) is 0 Å². The SMILES string of the molecule is Cc1ccc(NC(=O)N2CCC3(CC2)NC(=O)c2ccccc2N3C)cc1C. The van der Waals surface area contributed by atoms with Gasteiger partial charge in [-0.15, -0.1) is 0 Å². The molecular weight excluding hydrogens is 352 g/mol. The van der Waals surface area contributed by atoms with Gasteiger partial charge in [-0.3, -0.25) is 4.79 Å². The van der Waals surface area contributed by atoms with E-state index < -0.39 is 5.66 Å². The molecule has 3 amide bonds. The number of nitrogens with one attached hydrogen (secondary N) is 2. The number of aryl methyl sites for hydroxylation is 2. The van der Waals surface area contributed by atoms with Gasteiger partial charge < -0.3 is 20.4 Å². The molecular formula is C22H26N4O2. The lowest BCUT2D eigenvalue weighted by Crippen LogP contribution is -2.67. The predicted molar refractivity (Wildman–Crippen MR) is 111 cm³/mol. The molecule has 2 heterocycles. The number of piperidine rings is 1. The molecule has 0 unspecified atom stereocenters. The third-order valence-corrected chi connectivity index (χ3v) is 6.13. The Hall–Kier alpha value is -3.02. The largest absolute Gasteiger partial charge is 0.351 e. The molecule has 6 heteroatoms. The van der Waals surface area contributed by atoms with Crippen molar-refractivity contribution < 1.29 is 9.59 Å². The molecule has 2 aliphatic heterocycles. The molecule has 0 atom stereocenters. The van der Waals surface area contributed by atoms with Crippen molar-refractivity contribution in [3.05, 3.63) is 59.2 Å². The number of anilines is 2. The van der Waals surface area contributed by atoms with Gasteiger partial charge in [0.2, 0.25) is 0 Å². The highest BCUT2D eigenvalue weighted by Gasteiger charge is 2.44. The third kappa shape index (κ3) is 3.09. The number of hydrogen-bond acceptors (Lipinski definition) is 3. The number of rotatable bonds is 1. The van der Waals surface area contributed by atoms with Crippen LogP contribution in [0.25, 0.3) is 0 Å². The van der Waals surface area contributed by atoms with Crippen molar-refractivity contribution in [1.29, 1.82) is 0 Å². The van der Waals surface area contributed by atoms with Crippen molar-refractivity contribution in [1.82, 2.24) is 10.2 Å². The number of para-hydroxylation sites is 1. The van der Waals surface area contributed by atoms with Gasteiger partial charge in [-0.1, -0.05) is 18.2 Å². The number of carbonyl (C=O) groups excluding carboxylic acids is 2. The molecule has 4 rings (SSSR count). The van der Waals surface area contributed by atoms with Crippen LogP contribution in [0, 0.1) is 13.8 Å². The topological polar surface area (TPSA) is 64.7 Å². The molecule has 0 radical (unpaired) electrons. The van der Waals surface area contributed by atoms with Crippen molar-refractivity contribution in [2.75, 3.05) is 30.4 Å². The fraction of sp³-hybridized carbons (Fsp3) is 0.364. The van der Waals surface area contributed by atoms with E-state index in [9.17, 15) is 9.59 Å². The maximum atomic E-state index is 12.7. The molecule has 2 N–H and O–H groups in total. The Labute approximate surface area is 165 Å². The van der Waals surface area contributed by atoms with Crippen LogP contribution in [-0.4, -0.2) is 42.6 Å². The summed E-state index contributed by atoms with van der Waals surface area (Å²) in [5, 5.41) is 6.18. The molecule has 0 aromatic heterocycles. The maximum absolute atomic E-state index is 12.7. The van der Waals surface area contributed by atoms with Crippen molar-refractivity contribution >= 4 is 23.3 Å². The van der Waals surface area contributed by atoms with E-state index >= 15 is 0 Å². The van der Waals surface area contributed by atoms with Crippen LogP contribution in [0.1, 0.15) is 34.3 Å². The van der Waals surface area contributed by atoms with E-state index in [0.717, 1.165) is 16.9 Å². The van der Waals surface area contributed by atoms with Gasteiger partial charge in [0.25, 0.3) is 5.91 Å². The van der Waals surface area contributed by atoms with Gasteiger partial charge in [-0.2, -0.15) is 0 Å². The average molecular weight is 378 g/mol. The highest BCUT2D eigenvalue weighted by molar-refractivity contribution is 6.02. The van der Waals surface area contributed by atoms with Crippen molar-refractivity contribution in [2.24, 2.45) is 0 Å². The first kappa shape index (κ1) is 18.3. The van der Waals surface area contributed by atoms with Crippen molar-refractivity contribution in [2.45, 2.75) is 32.4 Å². The number of carbonyl (C=O) groups is 2. The van der Waals surface area contributed by atoms with Crippen LogP contribution in [-0.2, 0) is 0 Å². The second-order valence-corrected chi connectivity index (χ2v) is 7.78. The lowest BCUT2D eigenvalue weighted by atomic mass is 9.90. The molecule has 6 nitrogen and oxygen atoms in total. The summed E-state index contributed by atoms with van der Waals surface area (Å²) < 4.78 is 0. The Bertz CT molecular complexity index is 932. The molecule has 1 spiro atoms. The number of hydrogen-bond donors (Lipinski definition) is 2. The Kier molecular flexibility index (Phi) is 4.49. The minimum atomic E-state index is -0.442. The first-order valence-corrected chi connectivity index (χ1v) is 9.68. The molecule has 0 aliphatic carbocycles. The van der Waals surface area contributed by atoms with Crippen LogP contribution in [0.3, 0.4) is 0 Å². The fourth-order valence-corrected chi connectivity index (χ4v) is 4.11. The first-order valence-electron chi connectivity index (χ1n) is 9.68. The summed E-state index contributed by atoms with van der Waals surface area (Å²) in [4.78, 5) is 29.3. The zero-order valence-corrected chi connectivity index (χ0v) is 16.6. The molecule has 1 fully saturated rings. The molecule has 2 aromatic carbocycles. The summed E-state index contributed by atoms with van der Waals surface area (Å²) in [6.45, 7) is 5.26. The molecule has 146 valence electrons. The summed E-state index contributed by atoms with van der Waals surface area (Å²) in [5.74, 6) is -0.0401. The summed E-state index contributed by atoms with van der Waals surface area (Å²) in [5.41, 5.74) is 4.37. The average Bonchev–Trinajstić information content (AvgIpc) is 2.70. The second kappa shape index (κ2) is 6.86. The van der Waals surface area contributed by atoms with E-state index in [4.69, 9.17) is 0 Å². The van der Waals surface area contributed by atoms with Crippen LogP contribution >= 0.6 is 0 Å². The molecule has 1 saturated heterocycles. The van der Waals surface area contributed by atoms with Crippen molar-refractivity contribution in [3.8, 4) is 0 Å². The minimum absolute atomic E-state index is 0.0401. The van der Waals surface area contributed by atoms with E-state index in [1.165, 1.54) is 5.56 Å². The van der Waals surface area contributed by atoms with Crippen LogP contribution in [0.15, 0.2) is 42.5 Å². The Morgan fingerprint density at radius 1 is 1.07 bits per heavy atom. The number of benzene rings is 2. The van der Waals surface area contributed by atoms with E-state index in [2.05, 4.69) is 22.5 Å². The molecule has 2 aromatic rings. The predicted octanol–water partition coefficient (Wildman–Crippen LogP) is 3.51. The minimum Gasteiger partial charge on any atom is -0.351 e. The van der Waals surface area contributed by atoms with Crippen LogP contribution in [0.2, 0.25) is 0 Å². The van der Waals surface area contributed by atoms with Gasteiger partial charge in [-0.25, -0.2) is 4.79 Å². The molecule has 2 aliphatic rings. The monoisotopic (exact) mass is 378 g/mol. The Morgan fingerprint density at radius 3 is 2.50 bits per heavy atom. The van der Waals surface area contributed by atoms with Gasteiger partial charge in [0.05, 0.1) is 11.3 Å². The summed E-state index contributed by atoms with van der Waals surface area (Å²) >= 11 is 0. The first-order chi connectivity index (χ1) is 13.4. The van der Waals surface area contributed by atoms with Gasteiger partial charge in [-0.05, 0) is 49.2 Å². The van der Waals surface area contributed by atoms with Gasteiger partial charge in [0.1, 0.15) is 5.66 Å². The van der Waals surface area contributed by atoms with Crippen LogP contribution in [0.5, 0.6) is 0 Å². The lowest BCUT2D eigenvalue weighted by Gasteiger charge is -2.51. The zero-order chi connectivity index (χ0) is 19.9. The standard InChI is InChI=1S/C22H26N4O2/c1-15-8-9-17(14-16(15)2)23-21(28)26-12-10-22(11-13-26)24-20(27)18-6-4-5-7-19(18)25(22)3/h4-9,14H,10-13H2,1-3H3,(H,23,28)(H,24,27). The highest BCUT2D eigenvalue weighted by atomic mass is 16.2. The van der Waals surface area contributed by atoms with Gasteiger partial charge in [0.15, 0.2) is 0 Å². The lowest BCUT2D eigenvalue weighted by molar-refractivity contribution is 0.0815. The number of amides is 3. The quantitative estimate of drug-likeness (QED) is 0.798. The number of nitrogens with zero attached hydrogens (tertiary/aromatic N) is 2. The number of fused-ring (bicyclic) bond motifs is 1. The van der Waals surface area contributed by atoms with Crippen LogP contribution in [0.4, 0.5) is 16.2 Å². The third-order valence-electron chi connectivity index (χ3n) is 6.13. The summed E-state index contributed by atoms with van der Waals surface area (Å²) in [7, 11) is 2.02. The maximum Gasteiger partial charge on any atom is 0.321 e. The number of urea groups is 1. The van der Waals surface area contributed by atoms with Crippen molar-refractivity contribution in [3.63, 3.8) is 0 Å². The van der Waals surface area contributed by atoms with Crippen LogP contribution < -0.4 is 15.5 Å². The Balaban J connectivity index is 1.45. The highest BCUT2D eigenvalue weighted by Crippen LogP contribution is 2.36. The summed E-state index contributed by atoms with van der Waals surface area (Å²) in [6, 6.07) is 13.5. The zero-order valence-electron chi connectivity index (χ0n) is 16.6. The summed E-state index contributed by atoms with van der Waals surface area (Å²) in [6.07, 6.45) is 1.37.